The van der Waals surface area contributed by atoms with Crippen LogP contribution in [0.15, 0.2) is 48.5 Å². The van der Waals surface area contributed by atoms with E-state index in [1.54, 1.807) is 4.90 Å². The fourth-order valence-corrected chi connectivity index (χ4v) is 3.67. The van der Waals surface area contributed by atoms with Crippen molar-refractivity contribution in [3.8, 4) is 0 Å². The average molecular weight is 306 g/mol. The number of benzene rings is 2. The Morgan fingerprint density at radius 2 is 1.87 bits per heavy atom. The first kappa shape index (κ1) is 14.0. The lowest BCUT2D eigenvalue weighted by molar-refractivity contribution is 0.0713. The minimum atomic E-state index is -0.151. The van der Waals surface area contributed by atoms with Crippen LogP contribution in [0.3, 0.4) is 0 Å². The summed E-state index contributed by atoms with van der Waals surface area (Å²) in [5.41, 5.74) is 4.99. The van der Waals surface area contributed by atoms with Crippen LogP contribution in [0.25, 0.3) is 10.9 Å². The number of nitrogens with one attached hydrogen (secondary N) is 1. The molecule has 1 atom stereocenters. The lowest BCUT2D eigenvalue weighted by Gasteiger charge is -2.25. The number of carbonyl (C=O) groups is 1. The summed E-state index contributed by atoms with van der Waals surface area (Å²) in [5, 5.41) is 10.5. The molecule has 0 radical (unpaired) electrons. The number of hydrogen-bond acceptors (Lipinski definition) is 2. The maximum atomic E-state index is 12.7. The van der Waals surface area contributed by atoms with Crippen molar-refractivity contribution in [3.05, 3.63) is 70.9 Å². The van der Waals surface area contributed by atoms with Crippen LogP contribution in [0.5, 0.6) is 0 Å². The first-order chi connectivity index (χ1) is 11.2. The first-order valence-electron chi connectivity index (χ1n) is 7.80. The molecule has 2 heterocycles. The van der Waals surface area contributed by atoms with Gasteiger partial charge in [-0.15, -0.1) is 0 Å². The third-order valence-corrected chi connectivity index (χ3v) is 4.62. The van der Waals surface area contributed by atoms with E-state index in [0.29, 0.717) is 6.54 Å². The molecule has 0 aliphatic carbocycles. The second-order valence-corrected chi connectivity index (χ2v) is 5.92. The SMILES string of the molecule is Cc1[nH]c2ccccc2c1C1c2ccccc2C(=O)N1CCO. The predicted octanol–water partition coefficient (Wildman–Crippen LogP) is 3.01. The Bertz CT molecular complexity index is 897. The zero-order valence-electron chi connectivity index (χ0n) is 12.9. The molecule has 1 amide bonds. The number of aliphatic hydroxyl groups is 1. The Balaban J connectivity index is 1.97. The minimum Gasteiger partial charge on any atom is -0.395 e. The fourth-order valence-electron chi connectivity index (χ4n) is 3.67. The van der Waals surface area contributed by atoms with Crippen molar-refractivity contribution in [2.45, 2.75) is 13.0 Å². The Morgan fingerprint density at radius 1 is 1.13 bits per heavy atom. The van der Waals surface area contributed by atoms with Gasteiger partial charge in [-0.1, -0.05) is 36.4 Å². The normalized spacial score (nSPS) is 17.0. The molecule has 4 rings (SSSR count). The van der Waals surface area contributed by atoms with Gasteiger partial charge >= 0.3 is 0 Å². The maximum absolute atomic E-state index is 12.7. The van der Waals surface area contributed by atoms with Crippen LogP contribution in [-0.2, 0) is 0 Å². The minimum absolute atomic E-state index is 0.00988. The van der Waals surface area contributed by atoms with Crippen molar-refractivity contribution >= 4 is 16.8 Å². The zero-order chi connectivity index (χ0) is 16.0. The molecule has 3 aromatic rings. The summed E-state index contributed by atoms with van der Waals surface area (Å²) in [5.74, 6) is -0.00988. The predicted molar refractivity (Wildman–Crippen MR) is 89.4 cm³/mol. The van der Waals surface area contributed by atoms with Crippen LogP contribution in [0.2, 0.25) is 0 Å². The molecular formula is C19H18N2O2. The quantitative estimate of drug-likeness (QED) is 0.781. The summed E-state index contributed by atoms with van der Waals surface area (Å²) >= 11 is 0. The van der Waals surface area contributed by atoms with Crippen molar-refractivity contribution < 1.29 is 9.90 Å². The van der Waals surface area contributed by atoms with Gasteiger partial charge < -0.3 is 15.0 Å². The van der Waals surface area contributed by atoms with Crippen molar-refractivity contribution in [1.82, 2.24) is 9.88 Å². The number of nitrogens with zero attached hydrogens (tertiary/aromatic N) is 1. The Hall–Kier alpha value is -2.59. The number of amides is 1. The molecule has 23 heavy (non-hydrogen) atoms. The number of hydrogen-bond donors (Lipinski definition) is 2. The second-order valence-electron chi connectivity index (χ2n) is 5.92. The molecule has 0 fully saturated rings. The second kappa shape index (κ2) is 5.25. The summed E-state index contributed by atoms with van der Waals surface area (Å²) in [6.07, 6.45) is 0. The summed E-state index contributed by atoms with van der Waals surface area (Å²) < 4.78 is 0. The molecule has 4 heteroatoms. The number of aliphatic hydroxyl groups excluding tert-OH is 1. The molecule has 1 unspecified atom stereocenters. The Labute approximate surface area is 134 Å². The van der Waals surface area contributed by atoms with E-state index in [2.05, 4.69) is 11.1 Å². The van der Waals surface area contributed by atoms with Crippen LogP contribution >= 0.6 is 0 Å². The van der Waals surface area contributed by atoms with E-state index in [4.69, 9.17) is 0 Å². The average Bonchev–Trinajstić information content (AvgIpc) is 3.03. The van der Waals surface area contributed by atoms with E-state index < -0.39 is 0 Å². The summed E-state index contributed by atoms with van der Waals surface area (Å²) in [6, 6.07) is 15.7. The molecular weight excluding hydrogens is 288 g/mol. The first-order valence-corrected chi connectivity index (χ1v) is 7.80. The molecule has 0 spiro atoms. The summed E-state index contributed by atoms with van der Waals surface area (Å²) in [6.45, 7) is 2.33. The molecule has 1 aromatic heterocycles. The Kier molecular flexibility index (Phi) is 3.20. The lowest BCUT2D eigenvalue weighted by Crippen LogP contribution is -2.31. The monoisotopic (exact) mass is 306 g/mol. The lowest BCUT2D eigenvalue weighted by atomic mass is 9.95. The van der Waals surface area contributed by atoms with Crippen molar-refractivity contribution in [2.24, 2.45) is 0 Å². The number of para-hydroxylation sites is 1. The molecule has 116 valence electrons. The van der Waals surface area contributed by atoms with E-state index in [1.807, 2.05) is 49.4 Å². The number of β-amino-alcohol motifs (C(OH)–C–C–N with tert-alkyl or cyclic N) is 1. The number of aryl methyl sites for hydroxylation is 1. The molecule has 0 saturated heterocycles. The zero-order valence-corrected chi connectivity index (χ0v) is 12.9. The third-order valence-electron chi connectivity index (χ3n) is 4.62. The van der Waals surface area contributed by atoms with E-state index in [0.717, 1.165) is 33.3 Å². The van der Waals surface area contributed by atoms with Gasteiger partial charge in [0.1, 0.15) is 0 Å². The third kappa shape index (κ3) is 1.99. The number of carbonyl (C=O) groups excluding carboxylic acids is 1. The molecule has 4 nitrogen and oxygen atoms in total. The maximum Gasteiger partial charge on any atom is 0.255 e. The van der Waals surface area contributed by atoms with Crippen molar-refractivity contribution in [3.63, 3.8) is 0 Å². The number of rotatable bonds is 3. The van der Waals surface area contributed by atoms with Gasteiger partial charge in [-0.3, -0.25) is 4.79 Å². The highest BCUT2D eigenvalue weighted by molar-refractivity contribution is 6.01. The van der Waals surface area contributed by atoms with Crippen LogP contribution in [-0.4, -0.2) is 34.0 Å². The fraction of sp³-hybridized carbons (Fsp3) is 0.211. The van der Waals surface area contributed by atoms with Crippen LogP contribution in [0.1, 0.15) is 33.2 Å². The van der Waals surface area contributed by atoms with Crippen molar-refractivity contribution in [1.29, 1.82) is 0 Å². The smallest absolute Gasteiger partial charge is 0.255 e. The van der Waals surface area contributed by atoms with Gasteiger partial charge in [0.25, 0.3) is 5.91 Å². The van der Waals surface area contributed by atoms with E-state index in [-0.39, 0.29) is 18.6 Å². The van der Waals surface area contributed by atoms with E-state index in [1.165, 1.54) is 0 Å². The highest BCUT2D eigenvalue weighted by Gasteiger charge is 2.38. The number of fused-ring (bicyclic) bond motifs is 2. The van der Waals surface area contributed by atoms with Gasteiger partial charge in [-0.2, -0.15) is 0 Å². The molecule has 0 saturated carbocycles. The number of H-pyrrole nitrogens is 1. The number of aromatic amines is 1. The van der Waals surface area contributed by atoms with Crippen LogP contribution < -0.4 is 0 Å². The van der Waals surface area contributed by atoms with Gasteiger partial charge in [0.2, 0.25) is 0 Å². The number of aromatic nitrogens is 1. The van der Waals surface area contributed by atoms with Gasteiger partial charge in [0, 0.05) is 34.3 Å². The molecule has 0 bridgehead atoms. The van der Waals surface area contributed by atoms with E-state index in [9.17, 15) is 9.90 Å². The standard InChI is InChI=1S/C19H18N2O2/c1-12-17(15-8-4-5-9-16(15)20-12)18-13-6-2-3-7-14(13)19(23)21(18)10-11-22/h2-9,18,20,22H,10-11H2,1H3. The summed E-state index contributed by atoms with van der Waals surface area (Å²) in [4.78, 5) is 17.9. The molecule has 1 aliphatic rings. The Morgan fingerprint density at radius 3 is 2.70 bits per heavy atom. The van der Waals surface area contributed by atoms with Gasteiger partial charge in [-0.25, -0.2) is 0 Å². The largest absolute Gasteiger partial charge is 0.395 e. The topological polar surface area (TPSA) is 56.3 Å². The highest BCUT2D eigenvalue weighted by atomic mass is 16.3. The molecule has 2 N–H and O–H groups in total. The van der Waals surface area contributed by atoms with Crippen LogP contribution in [0.4, 0.5) is 0 Å². The van der Waals surface area contributed by atoms with Gasteiger partial charge in [0.15, 0.2) is 0 Å². The summed E-state index contributed by atoms with van der Waals surface area (Å²) in [7, 11) is 0. The van der Waals surface area contributed by atoms with Gasteiger partial charge in [0.05, 0.1) is 12.6 Å². The highest BCUT2D eigenvalue weighted by Crippen LogP contribution is 2.42. The van der Waals surface area contributed by atoms with Gasteiger partial charge in [-0.05, 0) is 24.6 Å². The van der Waals surface area contributed by atoms with Crippen molar-refractivity contribution in [2.75, 3.05) is 13.2 Å². The van der Waals surface area contributed by atoms with Crippen LogP contribution in [0, 0.1) is 6.92 Å². The molecule has 2 aromatic carbocycles. The molecule has 1 aliphatic heterocycles. The van der Waals surface area contributed by atoms with E-state index >= 15 is 0 Å².